The van der Waals surface area contributed by atoms with Gasteiger partial charge in [-0.05, 0) is 49.9 Å². The number of methoxy groups -OCH3 is 1. The fraction of sp³-hybridized carbons (Fsp3) is 0.611. The Balaban J connectivity index is 0.00000288. The molecule has 0 aliphatic carbocycles. The second kappa shape index (κ2) is 10.6. The first kappa shape index (κ1) is 20.9. The van der Waals surface area contributed by atoms with E-state index in [-0.39, 0.29) is 30.1 Å². The van der Waals surface area contributed by atoms with Crippen LogP contribution < -0.4 is 14.8 Å². The number of hydrogen-bond donors (Lipinski definition) is 1. The summed E-state index contributed by atoms with van der Waals surface area (Å²) in [5.41, 5.74) is 0. The summed E-state index contributed by atoms with van der Waals surface area (Å²) in [6.45, 7) is 7.26. The highest BCUT2D eigenvalue weighted by molar-refractivity contribution is 14.0. The van der Waals surface area contributed by atoms with E-state index >= 15 is 0 Å². The van der Waals surface area contributed by atoms with Crippen LogP contribution >= 0.6 is 24.0 Å². The van der Waals surface area contributed by atoms with Crippen LogP contribution in [0.1, 0.15) is 26.7 Å². The molecule has 1 saturated heterocycles. The summed E-state index contributed by atoms with van der Waals surface area (Å²) in [6, 6.07) is 7.67. The summed E-state index contributed by atoms with van der Waals surface area (Å²) in [5, 5.41) is 3.42. The Morgan fingerprint density at radius 2 is 1.83 bits per heavy atom. The number of nitrogens with one attached hydrogen (secondary N) is 1. The molecule has 1 aromatic carbocycles. The second-order valence-electron chi connectivity index (χ2n) is 6.20. The third kappa shape index (κ3) is 6.37. The molecule has 1 heterocycles. The summed E-state index contributed by atoms with van der Waals surface area (Å²) >= 11 is 0. The molecule has 0 saturated carbocycles. The van der Waals surface area contributed by atoms with Gasteiger partial charge in [-0.2, -0.15) is 0 Å². The Kier molecular flexibility index (Phi) is 9.25. The summed E-state index contributed by atoms with van der Waals surface area (Å²) in [5.74, 6) is 3.48. The monoisotopic (exact) mass is 447 g/mol. The van der Waals surface area contributed by atoms with Gasteiger partial charge in [0.05, 0.1) is 13.7 Å². The lowest BCUT2D eigenvalue weighted by atomic mass is 10.00. The van der Waals surface area contributed by atoms with Crippen LogP contribution in [0.4, 0.5) is 0 Å². The number of nitrogens with zero attached hydrogens (tertiary/aromatic N) is 2. The Labute approximate surface area is 162 Å². The quantitative estimate of drug-likeness (QED) is 0.427. The van der Waals surface area contributed by atoms with E-state index in [9.17, 15) is 0 Å². The van der Waals surface area contributed by atoms with Gasteiger partial charge in [-0.15, -0.1) is 24.0 Å². The largest absolute Gasteiger partial charge is 0.497 e. The van der Waals surface area contributed by atoms with Crippen molar-refractivity contribution in [3.05, 3.63) is 24.3 Å². The third-order valence-corrected chi connectivity index (χ3v) is 4.24. The minimum atomic E-state index is 0. The van der Waals surface area contributed by atoms with Gasteiger partial charge in [0.25, 0.3) is 0 Å². The van der Waals surface area contributed by atoms with Crippen molar-refractivity contribution in [3.63, 3.8) is 0 Å². The van der Waals surface area contributed by atoms with Crippen LogP contribution in [0.15, 0.2) is 29.3 Å². The number of hydrogen-bond acceptors (Lipinski definition) is 3. The number of piperidine rings is 1. The summed E-state index contributed by atoms with van der Waals surface area (Å²) < 4.78 is 11.1. The Hall–Kier alpha value is -1.18. The molecule has 1 atom stereocenters. The maximum Gasteiger partial charge on any atom is 0.193 e. The van der Waals surface area contributed by atoms with Crippen molar-refractivity contribution < 1.29 is 9.47 Å². The highest BCUT2D eigenvalue weighted by Gasteiger charge is 2.18. The van der Waals surface area contributed by atoms with Gasteiger partial charge < -0.3 is 19.7 Å². The number of benzene rings is 1. The molecule has 24 heavy (non-hydrogen) atoms. The highest BCUT2D eigenvalue weighted by atomic mass is 127. The molecule has 0 spiro atoms. The standard InChI is InChI=1S/C18H29N3O2.HI/c1-14-9-11-21(12-10-14)18(19-3)20-13-15(2)23-17-7-5-16(22-4)6-8-17;/h5-8,14-15H,9-13H2,1-4H3,(H,19,20);1H. The highest BCUT2D eigenvalue weighted by Crippen LogP contribution is 2.18. The molecule has 136 valence electrons. The molecule has 1 N–H and O–H groups in total. The smallest absolute Gasteiger partial charge is 0.193 e. The van der Waals surface area contributed by atoms with E-state index in [1.54, 1.807) is 7.11 Å². The van der Waals surface area contributed by atoms with Gasteiger partial charge in [0.2, 0.25) is 0 Å². The van der Waals surface area contributed by atoms with E-state index in [0.29, 0.717) is 0 Å². The molecule has 5 nitrogen and oxygen atoms in total. The Bertz CT molecular complexity index is 499. The summed E-state index contributed by atoms with van der Waals surface area (Å²) in [7, 11) is 3.50. The van der Waals surface area contributed by atoms with Crippen molar-refractivity contribution >= 4 is 29.9 Å². The zero-order valence-electron chi connectivity index (χ0n) is 15.1. The van der Waals surface area contributed by atoms with E-state index in [1.165, 1.54) is 12.8 Å². The van der Waals surface area contributed by atoms with Crippen molar-refractivity contribution in [1.29, 1.82) is 0 Å². The van der Waals surface area contributed by atoms with Gasteiger partial charge in [0.1, 0.15) is 17.6 Å². The van der Waals surface area contributed by atoms with Crippen LogP contribution in [0.25, 0.3) is 0 Å². The van der Waals surface area contributed by atoms with Gasteiger partial charge in [-0.25, -0.2) is 0 Å². The number of guanidine groups is 1. The molecule has 1 aromatic rings. The van der Waals surface area contributed by atoms with E-state index in [1.807, 2.05) is 31.3 Å². The van der Waals surface area contributed by atoms with Gasteiger partial charge in [-0.3, -0.25) is 4.99 Å². The first-order valence-electron chi connectivity index (χ1n) is 8.38. The molecule has 6 heteroatoms. The molecule has 0 aromatic heterocycles. The molecule has 0 bridgehead atoms. The Morgan fingerprint density at radius 1 is 1.25 bits per heavy atom. The average Bonchev–Trinajstić information content (AvgIpc) is 2.57. The predicted octanol–water partition coefficient (Wildman–Crippen LogP) is 3.39. The molecular weight excluding hydrogens is 417 g/mol. The lowest BCUT2D eigenvalue weighted by molar-refractivity contribution is 0.218. The van der Waals surface area contributed by atoms with E-state index in [2.05, 4.69) is 29.1 Å². The fourth-order valence-electron chi connectivity index (χ4n) is 2.72. The normalized spacial score (nSPS) is 17.0. The predicted molar refractivity (Wildman–Crippen MR) is 110 cm³/mol. The van der Waals surface area contributed by atoms with E-state index < -0.39 is 0 Å². The minimum Gasteiger partial charge on any atom is -0.497 e. The zero-order chi connectivity index (χ0) is 16.7. The second-order valence-corrected chi connectivity index (χ2v) is 6.20. The van der Waals surface area contributed by atoms with Crippen LogP contribution in [-0.4, -0.2) is 50.8 Å². The first-order chi connectivity index (χ1) is 11.1. The maximum absolute atomic E-state index is 5.92. The molecular formula is C18H30IN3O2. The van der Waals surface area contributed by atoms with Crippen LogP contribution in [0.3, 0.4) is 0 Å². The van der Waals surface area contributed by atoms with Crippen LogP contribution in [-0.2, 0) is 0 Å². The van der Waals surface area contributed by atoms with Crippen molar-refractivity contribution in [1.82, 2.24) is 10.2 Å². The summed E-state index contributed by atoms with van der Waals surface area (Å²) in [4.78, 5) is 6.73. The molecule has 0 radical (unpaired) electrons. The van der Waals surface area contributed by atoms with Crippen LogP contribution in [0, 0.1) is 5.92 Å². The lowest BCUT2D eigenvalue weighted by Crippen LogP contribution is -2.47. The van der Waals surface area contributed by atoms with E-state index in [0.717, 1.165) is 43.0 Å². The van der Waals surface area contributed by atoms with E-state index in [4.69, 9.17) is 9.47 Å². The minimum absolute atomic E-state index is 0. The SMILES string of the molecule is CN=C(NCC(C)Oc1ccc(OC)cc1)N1CCC(C)CC1.I. The summed E-state index contributed by atoms with van der Waals surface area (Å²) in [6.07, 6.45) is 2.53. The van der Waals surface area contributed by atoms with Gasteiger partial charge >= 0.3 is 0 Å². The number of likely N-dealkylation sites (tertiary alicyclic amines) is 1. The number of halogens is 1. The van der Waals surface area contributed by atoms with Crippen molar-refractivity contribution in [2.45, 2.75) is 32.8 Å². The van der Waals surface area contributed by atoms with Crippen molar-refractivity contribution in [3.8, 4) is 11.5 Å². The zero-order valence-corrected chi connectivity index (χ0v) is 17.4. The fourth-order valence-corrected chi connectivity index (χ4v) is 2.72. The Morgan fingerprint density at radius 3 is 2.38 bits per heavy atom. The number of rotatable bonds is 5. The van der Waals surface area contributed by atoms with Crippen molar-refractivity contribution in [2.24, 2.45) is 10.9 Å². The van der Waals surface area contributed by atoms with Gasteiger partial charge in [0.15, 0.2) is 5.96 Å². The topological polar surface area (TPSA) is 46.1 Å². The average molecular weight is 447 g/mol. The molecule has 2 rings (SSSR count). The molecule has 0 amide bonds. The third-order valence-electron chi connectivity index (χ3n) is 4.24. The molecule has 1 aliphatic heterocycles. The molecule has 1 aliphatic rings. The van der Waals surface area contributed by atoms with Crippen LogP contribution in [0.2, 0.25) is 0 Å². The number of ether oxygens (including phenoxy) is 2. The van der Waals surface area contributed by atoms with Crippen molar-refractivity contribution in [2.75, 3.05) is 33.8 Å². The number of aliphatic imine (C=N–C) groups is 1. The van der Waals surface area contributed by atoms with Crippen LogP contribution in [0.5, 0.6) is 11.5 Å². The van der Waals surface area contributed by atoms with Gasteiger partial charge in [0, 0.05) is 20.1 Å². The molecule has 1 fully saturated rings. The van der Waals surface area contributed by atoms with Gasteiger partial charge in [-0.1, -0.05) is 6.92 Å². The maximum atomic E-state index is 5.92. The lowest BCUT2D eigenvalue weighted by Gasteiger charge is -2.33. The molecule has 1 unspecified atom stereocenters. The first-order valence-corrected chi connectivity index (χ1v) is 8.38.